The number of rotatable bonds is 3. The summed E-state index contributed by atoms with van der Waals surface area (Å²) in [6.45, 7) is 1.38. The maximum absolute atomic E-state index is 13.2. The first-order valence-corrected chi connectivity index (χ1v) is 6.90. The van der Waals surface area contributed by atoms with Gasteiger partial charge in [-0.25, -0.2) is 13.8 Å². The number of amides is 1. The van der Waals surface area contributed by atoms with E-state index in [9.17, 15) is 18.4 Å². The summed E-state index contributed by atoms with van der Waals surface area (Å²) in [5.41, 5.74) is 0.272. The predicted molar refractivity (Wildman–Crippen MR) is 67.7 cm³/mol. The molecule has 0 aliphatic heterocycles. The zero-order valence-corrected chi connectivity index (χ0v) is 11.2. The molecule has 1 unspecified atom stereocenters. The number of carbonyl (C=O) groups excluding carboxylic acids is 2. The van der Waals surface area contributed by atoms with E-state index in [0.717, 1.165) is 11.3 Å². The molecule has 1 aliphatic carbocycles. The van der Waals surface area contributed by atoms with Gasteiger partial charge in [0.05, 0.1) is 0 Å². The highest BCUT2D eigenvalue weighted by atomic mass is 32.1. The Kier molecular flexibility index (Phi) is 3.93. The molecule has 7 heteroatoms. The van der Waals surface area contributed by atoms with Crippen LogP contribution in [0.1, 0.15) is 43.1 Å². The van der Waals surface area contributed by atoms with Gasteiger partial charge in [-0.3, -0.25) is 9.59 Å². The number of Topliss-reactive ketones (excluding diaryl/α,β-unsaturated/α-hetero) is 1. The lowest BCUT2D eigenvalue weighted by Crippen LogP contribution is -2.33. The molecule has 1 aliphatic rings. The first-order valence-electron chi connectivity index (χ1n) is 6.02. The van der Waals surface area contributed by atoms with E-state index in [0.29, 0.717) is 12.8 Å². The molecule has 1 atom stereocenters. The third kappa shape index (κ3) is 3.56. The van der Waals surface area contributed by atoms with Crippen molar-refractivity contribution in [2.24, 2.45) is 5.92 Å². The summed E-state index contributed by atoms with van der Waals surface area (Å²) >= 11 is 1.12. The molecule has 104 valence electrons. The number of nitrogens with zero attached hydrogens (tertiary/aromatic N) is 1. The molecule has 0 radical (unpaired) electrons. The Morgan fingerprint density at radius 2 is 2.26 bits per heavy atom. The highest BCUT2D eigenvalue weighted by Gasteiger charge is 2.39. The van der Waals surface area contributed by atoms with Crippen molar-refractivity contribution in [3.05, 3.63) is 11.1 Å². The molecular weight excluding hydrogens is 274 g/mol. The SMILES string of the molecule is CC(=O)c1csc(NC(=O)C2CCCC(F)(F)C2)n1. The number of ketones is 1. The molecule has 1 aromatic rings. The molecule has 1 aromatic heterocycles. The third-order valence-electron chi connectivity index (χ3n) is 3.11. The second-order valence-electron chi connectivity index (χ2n) is 4.73. The van der Waals surface area contributed by atoms with Crippen LogP contribution in [0.2, 0.25) is 0 Å². The fourth-order valence-electron chi connectivity index (χ4n) is 2.10. The van der Waals surface area contributed by atoms with Crippen molar-refractivity contribution in [1.29, 1.82) is 0 Å². The Bertz CT molecular complexity index is 502. The van der Waals surface area contributed by atoms with Crippen molar-refractivity contribution in [2.75, 3.05) is 5.32 Å². The van der Waals surface area contributed by atoms with Crippen LogP contribution < -0.4 is 5.32 Å². The highest BCUT2D eigenvalue weighted by Crippen LogP contribution is 2.37. The van der Waals surface area contributed by atoms with Crippen LogP contribution in [0.5, 0.6) is 0 Å². The van der Waals surface area contributed by atoms with Gasteiger partial charge in [0, 0.05) is 31.1 Å². The van der Waals surface area contributed by atoms with E-state index in [-0.39, 0.29) is 23.0 Å². The van der Waals surface area contributed by atoms with Gasteiger partial charge < -0.3 is 5.32 Å². The molecule has 0 spiro atoms. The average Bonchev–Trinajstić information content (AvgIpc) is 2.76. The van der Waals surface area contributed by atoms with Crippen molar-refractivity contribution in [1.82, 2.24) is 4.98 Å². The molecule has 0 saturated heterocycles. The molecule has 1 saturated carbocycles. The molecule has 19 heavy (non-hydrogen) atoms. The van der Waals surface area contributed by atoms with E-state index >= 15 is 0 Å². The van der Waals surface area contributed by atoms with Gasteiger partial charge in [0.25, 0.3) is 0 Å². The molecule has 1 N–H and O–H groups in total. The Morgan fingerprint density at radius 1 is 1.53 bits per heavy atom. The Hall–Kier alpha value is -1.37. The third-order valence-corrected chi connectivity index (χ3v) is 3.86. The summed E-state index contributed by atoms with van der Waals surface area (Å²) in [5, 5.41) is 4.32. The van der Waals surface area contributed by atoms with E-state index in [4.69, 9.17) is 0 Å². The Labute approximate surface area is 113 Å². The number of alkyl halides is 2. The van der Waals surface area contributed by atoms with Gasteiger partial charge in [0.2, 0.25) is 11.8 Å². The van der Waals surface area contributed by atoms with Gasteiger partial charge in [-0.15, -0.1) is 11.3 Å². The number of carbonyl (C=O) groups is 2. The number of halogens is 2. The lowest BCUT2D eigenvalue weighted by molar-refractivity contribution is -0.127. The number of nitrogens with one attached hydrogen (secondary N) is 1. The first kappa shape index (κ1) is 14.0. The van der Waals surface area contributed by atoms with Crippen molar-refractivity contribution in [3.8, 4) is 0 Å². The van der Waals surface area contributed by atoms with E-state index in [1.165, 1.54) is 12.3 Å². The number of anilines is 1. The van der Waals surface area contributed by atoms with Crippen molar-refractivity contribution in [3.63, 3.8) is 0 Å². The van der Waals surface area contributed by atoms with Crippen LogP contribution in [0.4, 0.5) is 13.9 Å². The maximum Gasteiger partial charge on any atom is 0.248 e. The molecule has 2 rings (SSSR count). The number of hydrogen-bond donors (Lipinski definition) is 1. The molecule has 1 heterocycles. The van der Waals surface area contributed by atoms with Gasteiger partial charge in [-0.05, 0) is 12.8 Å². The minimum absolute atomic E-state index is 0.150. The van der Waals surface area contributed by atoms with E-state index in [1.807, 2.05) is 0 Å². The van der Waals surface area contributed by atoms with Gasteiger partial charge in [-0.1, -0.05) is 0 Å². The quantitative estimate of drug-likeness (QED) is 0.869. The van der Waals surface area contributed by atoms with Gasteiger partial charge in [-0.2, -0.15) is 0 Å². The average molecular weight is 288 g/mol. The molecule has 1 fully saturated rings. The molecule has 4 nitrogen and oxygen atoms in total. The summed E-state index contributed by atoms with van der Waals surface area (Å²) in [6.07, 6.45) is 0.250. The number of hydrogen-bond acceptors (Lipinski definition) is 4. The van der Waals surface area contributed by atoms with Crippen LogP contribution >= 0.6 is 11.3 Å². The highest BCUT2D eigenvalue weighted by molar-refractivity contribution is 7.14. The molecular formula is C12H14F2N2O2S. The normalized spacial score (nSPS) is 21.9. The second kappa shape index (κ2) is 5.32. The van der Waals surface area contributed by atoms with Gasteiger partial charge >= 0.3 is 0 Å². The Morgan fingerprint density at radius 3 is 2.84 bits per heavy atom. The monoisotopic (exact) mass is 288 g/mol. The summed E-state index contributed by atoms with van der Waals surface area (Å²) in [4.78, 5) is 26.9. The van der Waals surface area contributed by atoms with Crippen LogP contribution in [0.25, 0.3) is 0 Å². The van der Waals surface area contributed by atoms with Crippen molar-refractivity contribution >= 4 is 28.2 Å². The molecule has 1 amide bonds. The van der Waals surface area contributed by atoms with Crippen molar-refractivity contribution in [2.45, 2.75) is 38.5 Å². The number of aromatic nitrogens is 1. The minimum Gasteiger partial charge on any atom is -0.302 e. The topological polar surface area (TPSA) is 59.1 Å². The smallest absolute Gasteiger partial charge is 0.248 e. The maximum atomic E-state index is 13.2. The largest absolute Gasteiger partial charge is 0.302 e. The van der Waals surface area contributed by atoms with E-state index in [2.05, 4.69) is 10.3 Å². The molecule has 0 bridgehead atoms. The Balaban J connectivity index is 1.98. The summed E-state index contributed by atoms with van der Waals surface area (Å²) in [7, 11) is 0. The summed E-state index contributed by atoms with van der Waals surface area (Å²) in [5.74, 6) is -4.08. The number of thiazole rings is 1. The fourth-order valence-corrected chi connectivity index (χ4v) is 2.85. The minimum atomic E-state index is -2.76. The van der Waals surface area contributed by atoms with E-state index < -0.39 is 24.2 Å². The predicted octanol–water partition coefficient (Wildman–Crippen LogP) is 3.11. The van der Waals surface area contributed by atoms with E-state index in [1.54, 1.807) is 0 Å². The van der Waals surface area contributed by atoms with Crippen LogP contribution in [-0.2, 0) is 4.79 Å². The van der Waals surface area contributed by atoms with Gasteiger partial charge in [0.1, 0.15) is 5.69 Å². The van der Waals surface area contributed by atoms with Crippen LogP contribution in [0.3, 0.4) is 0 Å². The first-order chi connectivity index (χ1) is 8.87. The summed E-state index contributed by atoms with van der Waals surface area (Å²) < 4.78 is 26.5. The van der Waals surface area contributed by atoms with Crippen LogP contribution in [0.15, 0.2) is 5.38 Å². The lowest BCUT2D eigenvalue weighted by Gasteiger charge is -2.27. The zero-order chi connectivity index (χ0) is 14.0. The van der Waals surface area contributed by atoms with Crippen LogP contribution in [-0.4, -0.2) is 22.6 Å². The van der Waals surface area contributed by atoms with Crippen LogP contribution in [0, 0.1) is 5.92 Å². The zero-order valence-electron chi connectivity index (χ0n) is 10.4. The van der Waals surface area contributed by atoms with Gasteiger partial charge in [0.15, 0.2) is 10.9 Å². The standard InChI is InChI=1S/C12H14F2N2O2S/c1-7(17)9-6-19-11(15-9)16-10(18)8-3-2-4-12(13,14)5-8/h6,8H,2-5H2,1H3,(H,15,16,18). The fraction of sp³-hybridized carbons (Fsp3) is 0.583. The summed E-state index contributed by atoms with van der Waals surface area (Å²) in [6, 6.07) is 0. The molecule has 0 aromatic carbocycles. The lowest BCUT2D eigenvalue weighted by atomic mass is 9.86. The second-order valence-corrected chi connectivity index (χ2v) is 5.59. The van der Waals surface area contributed by atoms with Crippen molar-refractivity contribution < 1.29 is 18.4 Å².